The first-order valence-electron chi connectivity index (χ1n) is 12.3. The summed E-state index contributed by atoms with van der Waals surface area (Å²) in [6, 6.07) is 13.4. The first kappa shape index (κ1) is 27.6. The predicted octanol–water partition coefficient (Wildman–Crippen LogP) is 3.93. The number of hydrogen-bond donors (Lipinski definition) is 4. The molecule has 40 heavy (non-hydrogen) atoms. The fourth-order valence-corrected chi connectivity index (χ4v) is 6.53. The van der Waals surface area contributed by atoms with Crippen LogP contribution in [0.4, 0.5) is 28.7 Å². The number of hydrogen-bond acceptors (Lipinski definition) is 11. The van der Waals surface area contributed by atoms with Gasteiger partial charge < -0.3 is 26.0 Å². The zero-order valence-corrected chi connectivity index (χ0v) is 25.3. The normalized spacial score (nSPS) is 13.4. The maximum atomic E-state index is 9.71. The smallest absolute Gasteiger partial charge is 0.168 e. The van der Waals surface area contributed by atoms with Gasteiger partial charge >= 0.3 is 0 Å². The van der Waals surface area contributed by atoms with E-state index < -0.39 is 0 Å². The Morgan fingerprint density at radius 3 is 2.62 bits per heavy atom. The van der Waals surface area contributed by atoms with Crippen LogP contribution in [0.15, 0.2) is 41.5 Å². The number of methoxy groups -OCH3 is 1. The number of imidazole rings is 1. The molecular weight excluding hydrogens is 642 g/mol. The Bertz CT molecular complexity index is 1640. The summed E-state index contributed by atoms with van der Waals surface area (Å²) >= 11 is 2.31. The Hall–Kier alpha value is -3.93. The number of pyridine rings is 2. The summed E-state index contributed by atoms with van der Waals surface area (Å²) in [7, 11) is 3.15. The van der Waals surface area contributed by atoms with Gasteiger partial charge in [0.2, 0.25) is 0 Å². The number of nitrogens with two attached hydrogens (primary N) is 2. The second-order valence-electron chi connectivity index (χ2n) is 9.02. The standard InChI is InChI=1S/C25H28IN12OP/c1-14-30-22-17(31-16-7-4-6-15(23(16)39-3)24(28)35-36(2)29)12-21(34-25(22)38(14)40-26)33-20-9-8-19(18(13-27)32-20)37-10-5-11-37/h4,6-9,12,40H,5,10-11,29H2,1-3H3,(H2,28,35)(H2,31,32,33,34). The van der Waals surface area contributed by atoms with Crippen molar-refractivity contribution in [3.63, 3.8) is 0 Å². The van der Waals surface area contributed by atoms with Crippen molar-refractivity contribution < 1.29 is 4.74 Å². The summed E-state index contributed by atoms with van der Waals surface area (Å²) in [5, 5.41) is 21.7. The number of fused-ring (bicyclic) bond motifs is 1. The van der Waals surface area contributed by atoms with Gasteiger partial charge in [0.05, 0.1) is 36.1 Å². The SMILES string of the molecule is COc1c(Nc2cc(Nc3ccc(N4CCC4)c(C#N)n3)nc3c2nc(C)n3PI)cccc1/C(N)=N/N(C)N. The molecule has 3 aromatic heterocycles. The van der Waals surface area contributed by atoms with E-state index in [-0.39, 0.29) is 5.84 Å². The summed E-state index contributed by atoms with van der Waals surface area (Å²) in [6.07, 6.45) is 1.51. The van der Waals surface area contributed by atoms with Gasteiger partial charge in [-0.1, -0.05) is 6.07 Å². The molecule has 0 saturated carbocycles. The van der Waals surface area contributed by atoms with Crippen molar-refractivity contribution in [2.24, 2.45) is 16.7 Å². The Morgan fingerprint density at radius 1 is 1.18 bits per heavy atom. The molecule has 1 fully saturated rings. The third-order valence-corrected chi connectivity index (χ3v) is 8.48. The van der Waals surface area contributed by atoms with E-state index in [1.807, 2.05) is 41.6 Å². The number of rotatable bonds is 9. The highest BCUT2D eigenvalue weighted by molar-refractivity contribution is 14.2. The molecule has 206 valence electrons. The highest BCUT2D eigenvalue weighted by atomic mass is 127. The van der Waals surface area contributed by atoms with E-state index in [9.17, 15) is 5.26 Å². The van der Waals surface area contributed by atoms with Crippen molar-refractivity contribution in [3.8, 4) is 11.8 Å². The van der Waals surface area contributed by atoms with Crippen LogP contribution >= 0.6 is 28.4 Å². The third-order valence-electron chi connectivity index (χ3n) is 6.33. The van der Waals surface area contributed by atoms with Crippen molar-refractivity contribution in [1.29, 1.82) is 5.26 Å². The van der Waals surface area contributed by atoms with Crippen LogP contribution in [0.2, 0.25) is 0 Å². The number of nitrogens with zero attached hydrogens (tertiary/aromatic N) is 8. The number of aromatic nitrogens is 4. The number of aryl methyl sites for hydroxylation is 1. The number of halogens is 1. The molecular formula is C25H28IN12OP. The molecule has 1 unspecified atom stereocenters. The van der Waals surface area contributed by atoms with Crippen molar-refractivity contribution in [1.82, 2.24) is 24.4 Å². The van der Waals surface area contributed by atoms with E-state index in [0.29, 0.717) is 57.6 Å². The minimum absolute atomic E-state index is 0.208. The zero-order chi connectivity index (χ0) is 28.4. The van der Waals surface area contributed by atoms with Crippen molar-refractivity contribution in [2.45, 2.75) is 13.3 Å². The van der Waals surface area contributed by atoms with E-state index in [0.717, 1.165) is 36.1 Å². The molecule has 6 N–H and O–H groups in total. The molecule has 13 nitrogen and oxygen atoms in total. The lowest BCUT2D eigenvalue weighted by molar-refractivity contribution is 0.371. The molecule has 4 heterocycles. The van der Waals surface area contributed by atoms with Crippen LogP contribution in [0.3, 0.4) is 0 Å². The lowest BCUT2D eigenvalue weighted by Crippen LogP contribution is -2.37. The molecule has 0 bridgehead atoms. The molecule has 1 saturated heterocycles. The fraction of sp³-hybridized carbons (Fsp3) is 0.240. The summed E-state index contributed by atoms with van der Waals surface area (Å²) in [4.78, 5) is 16.3. The quantitative estimate of drug-likeness (QED) is 0.0508. The highest BCUT2D eigenvalue weighted by Gasteiger charge is 2.21. The molecule has 5 rings (SSSR count). The summed E-state index contributed by atoms with van der Waals surface area (Å²) in [5.74, 6) is 8.27. The number of hydrazone groups is 1. The van der Waals surface area contributed by atoms with Crippen LogP contribution in [0.1, 0.15) is 23.5 Å². The first-order chi connectivity index (χ1) is 19.3. The van der Waals surface area contributed by atoms with Gasteiger partial charge in [-0.25, -0.2) is 25.9 Å². The second kappa shape index (κ2) is 11.7. The average Bonchev–Trinajstić information content (AvgIpc) is 3.23. The monoisotopic (exact) mass is 670 g/mol. The largest absolute Gasteiger partial charge is 0.494 e. The van der Waals surface area contributed by atoms with E-state index in [1.165, 1.54) is 0 Å². The summed E-state index contributed by atoms with van der Waals surface area (Å²) in [6.45, 7) is 3.81. The molecule has 0 spiro atoms. The van der Waals surface area contributed by atoms with Crippen LogP contribution in [0.25, 0.3) is 11.2 Å². The minimum atomic E-state index is 0.208. The van der Waals surface area contributed by atoms with Gasteiger partial charge in [0.25, 0.3) is 0 Å². The maximum absolute atomic E-state index is 9.71. The number of nitrogens with one attached hydrogen (secondary N) is 2. The van der Waals surface area contributed by atoms with Gasteiger partial charge in [0.1, 0.15) is 29.0 Å². The number of benzene rings is 1. The van der Waals surface area contributed by atoms with Gasteiger partial charge in [-0.15, -0.1) is 5.10 Å². The van der Waals surface area contributed by atoms with Gasteiger partial charge in [-0.2, -0.15) is 5.26 Å². The fourth-order valence-electron chi connectivity index (χ4n) is 4.39. The lowest BCUT2D eigenvalue weighted by Gasteiger charge is -2.33. The summed E-state index contributed by atoms with van der Waals surface area (Å²) in [5.41, 5.74) is 10.8. The molecule has 1 aromatic carbocycles. The van der Waals surface area contributed by atoms with E-state index in [1.54, 1.807) is 20.2 Å². The maximum Gasteiger partial charge on any atom is 0.168 e. The molecule has 1 aliphatic rings. The number of para-hydroxylation sites is 1. The van der Waals surface area contributed by atoms with Crippen LogP contribution in [0, 0.1) is 18.3 Å². The molecule has 0 radical (unpaired) electrons. The number of nitriles is 1. The Balaban J connectivity index is 1.57. The average molecular weight is 670 g/mol. The van der Waals surface area contributed by atoms with Gasteiger partial charge in [0, 0.05) is 26.2 Å². The topological polar surface area (TPSA) is 172 Å². The Labute approximate surface area is 245 Å². The van der Waals surface area contributed by atoms with Crippen LogP contribution in [0.5, 0.6) is 5.75 Å². The Morgan fingerprint density at radius 2 is 1.98 bits per heavy atom. The van der Waals surface area contributed by atoms with E-state index >= 15 is 0 Å². The minimum Gasteiger partial charge on any atom is -0.494 e. The van der Waals surface area contributed by atoms with Gasteiger partial charge in [0.15, 0.2) is 22.9 Å². The summed E-state index contributed by atoms with van der Waals surface area (Å²) < 4.78 is 7.77. The molecule has 1 aliphatic heterocycles. The number of anilines is 5. The molecule has 1 atom stereocenters. The van der Waals surface area contributed by atoms with Crippen LogP contribution in [-0.4, -0.2) is 57.5 Å². The van der Waals surface area contributed by atoms with E-state index in [2.05, 4.69) is 53.7 Å². The van der Waals surface area contributed by atoms with Crippen LogP contribution in [-0.2, 0) is 0 Å². The second-order valence-corrected chi connectivity index (χ2v) is 11.1. The predicted molar refractivity (Wildman–Crippen MR) is 168 cm³/mol. The highest BCUT2D eigenvalue weighted by Crippen LogP contribution is 2.38. The molecule has 15 heteroatoms. The number of hydrazine groups is 1. The molecule has 0 aliphatic carbocycles. The number of ether oxygens (including phenoxy) is 1. The van der Waals surface area contributed by atoms with Crippen LogP contribution < -0.4 is 31.8 Å². The number of amidine groups is 1. The lowest BCUT2D eigenvalue weighted by atomic mass is 10.1. The van der Waals surface area contributed by atoms with E-state index in [4.69, 9.17) is 26.3 Å². The molecule has 0 amide bonds. The third kappa shape index (κ3) is 5.40. The van der Waals surface area contributed by atoms with Gasteiger partial charge in [-0.3, -0.25) is 4.34 Å². The van der Waals surface area contributed by atoms with Crippen molar-refractivity contribution in [2.75, 3.05) is 42.8 Å². The van der Waals surface area contributed by atoms with Gasteiger partial charge in [-0.05, 0) is 59.7 Å². The van der Waals surface area contributed by atoms with Crippen molar-refractivity contribution >= 4 is 74.1 Å². The zero-order valence-electron chi connectivity index (χ0n) is 22.1. The molecule has 4 aromatic rings. The van der Waals surface area contributed by atoms with Crippen molar-refractivity contribution in [3.05, 3.63) is 53.5 Å². The Kier molecular flexibility index (Phi) is 8.06. The first-order valence-corrected chi connectivity index (χ1v) is 16.4.